The van der Waals surface area contributed by atoms with Crippen molar-refractivity contribution < 1.29 is 9.53 Å². The van der Waals surface area contributed by atoms with Gasteiger partial charge >= 0.3 is 0 Å². The molecule has 1 aromatic rings. The van der Waals surface area contributed by atoms with E-state index in [2.05, 4.69) is 0 Å². The number of carbonyl (C=O) groups excluding carboxylic acids is 1. The van der Waals surface area contributed by atoms with Gasteiger partial charge in [-0.25, -0.2) is 0 Å². The number of fused-ring (bicyclic) bond motifs is 1. The average molecular weight is 248 g/mol. The van der Waals surface area contributed by atoms with E-state index in [0.29, 0.717) is 13.0 Å². The van der Waals surface area contributed by atoms with Gasteiger partial charge in [0.2, 0.25) is 5.91 Å². The standard InChI is InChI=1S/C14H20N2O2/c1-18-10-4-8-14(17)16-9-3-5-11-12(15)6-2-7-13(11)16/h2,6-7H,3-5,8-10,15H2,1H3. The van der Waals surface area contributed by atoms with E-state index in [0.717, 1.165) is 42.7 Å². The number of hydrogen-bond donors (Lipinski definition) is 1. The molecule has 0 spiro atoms. The lowest BCUT2D eigenvalue weighted by Crippen LogP contribution is -2.35. The lowest BCUT2D eigenvalue weighted by Gasteiger charge is -2.30. The summed E-state index contributed by atoms with van der Waals surface area (Å²) in [4.78, 5) is 14.0. The third kappa shape index (κ3) is 2.64. The smallest absolute Gasteiger partial charge is 0.227 e. The van der Waals surface area contributed by atoms with Crippen LogP contribution < -0.4 is 10.6 Å². The minimum atomic E-state index is 0.165. The molecule has 1 heterocycles. The van der Waals surface area contributed by atoms with Gasteiger partial charge in [0.05, 0.1) is 0 Å². The number of benzene rings is 1. The first-order chi connectivity index (χ1) is 8.74. The van der Waals surface area contributed by atoms with Gasteiger partial charge in [0, 0.05) is 38.1 Å². The zero-order valence-corrected chi connectivity index (χ0v) is 10.8. The summed E-state index contributed by atoms with van der Waals surface area (Å²) in [5, 5.41) is 0. The van der Waals surface area contributed by atoms with Crippen LogP contribution in [0.4, 0.5) is 11.4 Å². The van der Waals surface area contributed by atoms with Crippen molar-refractivity contribution in [2.45, 2.75) is 25.7 Å². The van der Waals surface area contributed by atoms with Crippen LogP contribution in [0.2, 0.25) is 0 Å². The Labute approximate surface area is 108 Å². The number of nitrogen functional groups attached to an aromatic ring is 1. The molecule has 0 atom stereocenters. The molecule has 0 aliphatic carbocycles. The zero-order valence-electron chi connectivity index (χ0n) is 10.8. The van der Waals surface area contributed by atoms with E-state index in [1.54, 1.807) is 7.11 Å². The monoisotopic (exact) mass is 248 g/mol. The molecule has 2 N–H and O–H groups in total. The summed E-state index contributed by atoms with van der Waals surface area (Å²) in [7, 11) is 1.65. The van der Waals surface area contributed by atoms with Crippen LogP contribution in [-0.4, -0.2) is 26.2 Å². The Morgan fingerprint density at radius 1 is 1.50 bits per heavy atom. The fourth-order valence-corrected chi connectivity index (χ4v) is 2.41. The zero-order chi connectivity index (χ0) is 13.0. The molecular weight excluding hydrogens is 228 g/mol. The molecule has 0 radical (unpaired) electrons. The van der Waals surface area contributed by atoms with Crippen molar-refractivity contribution in [3.63, 3.8) is 0 Å². The largest absolute Gasteiger partial charge is 0.398 e. The van der Waals surface area contributed by atoms with E-state index in [9.17, 15) is 4.79 Å². The van der Waals surface area contributed by atoms with Crippen LogP contribution in [0.3, 0.4) is 0 Å². The van der Waals surface area contributed by atoms with Crippen LogP contribution >= 0.6 is 0 Å². The Bertz CT molecular complexity index is 432. The molecule has 0 fully saturated rings. The molecule has 0 saturated carbocycles. The highest BCUT2D eigenvalue weighted by molar-refractivity contribution is 5.95. The number of carbonyl (C=O) groups is 1. The predicted octanol–water partition coefficient (Wildman–Crippen LogP) is 1.97. The van der Waals surface area contributed by atoms with Crippen LogP contribution in [0.25, 0.3) is 0 Å². The van der Waals surface area contributed by atoms with Gasteiger partial charge in [-0.3, -0.25) is 4.79 Å². The number of rotatable bonds is 4. The molecule has 2 rings (SSSR count). The predicted molar refractivity (Wildman–Crippen MR) is 72.6 cm³/mol. The minimum Gasteiger partial charge on any atom is -0.398 e. The van der Waals surface area contributed by atoms with Crippen molar-refractivity contribution in [3.8, 4) is 0 Å². The number of anilines is 2. The molecule has 1 aliphatic heterocycles. The molecule has 1 aliphatic rings. The first kappa shape index (κ1) is 12.9. The molecule has 0 saturated heterocycles. The quantitative estimate of drug-likeness (QED) is 0.654. The molecule has 4 heteroatoms. The Morgan fingerprint density at radius 2 is 2.33 bits per heavy atom. The van der Waals surface area contributed by atoms with Crippen LogP contribution in [0.1, 0.15) is 24.8 Å². The minimum absolute atomic E-state index is 0.165. The topological polar surface area (TPSA) is 55.6 Å². The highest BCUT2D eigenvalue weighted by Crippen LogP contribution is 2.31. The Balaban J connectivity index is 2.12. The maximum atomic E-state index is 12.2. The van der Waals surface area contributed by atoms with Crippen LogP contribution in [0, 0.1) is 0 Å². The van der Waals surface area contributed by atoms with E-state index in [1.165, 1.54) is 0 Å². The van der Waals surface area contributed by atoms with Gasteiger partial charge in [-0.2, -0.15) is 0 Å². The first-order valence-corrected chi connectivity index (χ1v) is 6.40. The molecule has 4 nitrogen and oxygen atoms in total. The summed E-state index contributed by atoms with van der Waals surface area (Å²) in [6.07, 6.45) is 3.24. The summed E-state index contributed by atoms with van der Waals surface area (Å²) in [5.74, 6) is 0.165. The summed E-state index contributed by atoms with van der Waals surface area (Å²) in [6, 6.07) is 5.80. The fraction of sp³-hybridized carbons (Fsp3) is 0.500. The maximum absolute atomic E-state index is 12.2. The second-order valence-electron chi connectivity index (χ2n) is 4.59. The molecule has 98 valence electrons. The van der Waals surface area contributed by atoms with Crippen molar-refractivity contribution in [3.05, 3.63) is 23.8 Å². The van der Waals surface area contributed by atoms with Gasteiger partial charge in [-0.1, -0.05) is 6.07 Å². The van der Waals surface area contributed by atoms with Crippen molar-refractivity contribution >= 4 is 17.3 Å². The van der Waals surface area contributed by atoms with Gasteiger partial charge in [0.25, 0.3) is 0 Å². The Hall–Kier alpha value is -1.55. The van der Waals surface area contributed by atoms with E-state index in [-0.39, 0.29) is 5.91 Å². The van der Waals surface area contributed by atoms with Gasteiger partial charge in [0.1, 0.15) is 0 Å². The lowest BCUT2D eigenvalue weighted by atomic mass is 9.99. The van der Waals surface area contributed by atoms with Crippen molar-refractivity contribution in [1.29, 1.82) is 0 Å². The van der Waals surface area contributed by atoms with Crippen molar-refractivity contribution in [2.75, 3.05) is 30.9 Å². The number of amides is 1. The molecule has 18 heavy (non-hydrogen) atoms. The number of ether oxygens (including phenoxy) is 1. The van der Waals surface area contributed by atoms with Gasteiger partial charge in [-0.15, -0.1) is 0 Å². The van der Waals surface area contributed by atoms with Crippen molar-refractivity contribution in [2.24, 2.45) is 0 Å². The Kier molecular flexibility index (Phi) is 4.20. The summed E-state index contributed by atoms with van der Waals surface area (Å²) in [5.41, 5.74) is 8.87. The lowest BCUT2D eigenvalue weighted by molar-refractivity contribution is -0.119. The number of hydrogen-bond acceptors (Lipinski definition) is 3. The molecule has 1 aromatic carbocycles. The summed E-state index contributed by atoms with van der Waals surface area (Å²) < 4.78 is 4.98. The fourth-order valence-electron chi connectivity index (χ4n) is 2.41. The van der Waals surface area contributed by atoms with E-state index in [1.807, 2.05) is 23.1 Å². The summed E-state index contributed by atoms with van der Waals surface area (Å²) >= 11 is 0. The van der Waals surface area contributed by atoms with E-state index < -0.39 is 0 Å². The van der Waals surface area contributed by atoms with Crippen LogP contribution in [0.15, 0.2) is 18.2 Å². The van der Waals surface area contributed by atoms with Crippen LogP contribution in [0.5, 0.6) is 0 Å². The normalized spacial score (nSPS) is 14.4. The molecule has 1 amide bonds. The summed E-state index contributed by atoms with van der Waals surface area (Å²) in [6.45, 7) is 1.42. The molecular formula is C14H20N2O2. The second kappa shape index (κ2) is 5.87. The van der Waals surface area contributed by atoms with Gasteiger partial charge < -0.3 is 15.4 Å². The number of nitrogens with zero attached hydrogens (tertiary/aromatic N) is 1. The van der Waals surface area contributed by atoms with Gasteiger partial charge in [0.15, 0.2) is 0 Å². The van der Waals surface area contributed by atoms with Gasteiger partial charge in [-0.05, 0) is 37.0 Å². The number of methoxy groups -OCH3 is 1. The van der Waals surface area contributed by atoms with E-state index >= 15 is 0 Å². The number of nitrogens with two attached hydrogens (primary N) is 1. The highest BCUT2D eigenvalue weighted by atomic mass is 16.5. The molecule has 0 aromatic heterocycles. The highest BCUT2D eigenvalue weighted by Gasteiger charge is 2.23. The first-order valence-electron chi connectivity index (χ1n) is 6.40. The Morgan fingerprint density at radius 3 is 3.11 bits per heavy atom. The third-order valence-corrected chi connectivity index (χ3v) is 3.33. The van der Waals surface area contributed by atoms with Crippen LogP contribution in [-0.2, 0) is 16.0 Å². The average Bonchev–Trinajstić information content (AvgIpc) is 2.39. The molecule has 0 bridgehead atoms. The third-order valence-electron chi connectivity index (χ3n) is 3.33. The van der Waals surface area contributed by atoms with E-state index in [4.69, 9.17) is 10.5 Å². The maximum Gasteiger partial charge on any atom is 0.227 e. The SMILES string of the molecule is COCCCC(=O)N1CCCc2c(N)cccc21. The second-order valence-corrected chi connectivity index (χ2v) is 4.59. The van der Waals surface area contributed by atoms with Crippen molar-refractivity contribution in [1.82, 2.24) is 0 Å². The molecule has 0 unspecified atom stereocenters.